The number of nitrogens with one attached hydrogen (secondary N) is 3. The molecule has 6 atom stereocenters. The van der Waals surface area contributed by atoms with Crippen molar-refractivity contribution in [3.63, 3.8) is 0 Å². The highest BCUT2D eigenvalue weighted by Gasteiger charge is 2.62. The first kappa shape index (κ1) is 25.0. The maximum Gasteiger partial charge on any atom is 0.481 e. The molecule has 1 aliphatic heterocycles. The molecule has 4 aliphatic rings. The molecule has 3 aliphatic carbocycles. The summed E-state index contributed by atoms with van der Waals surface area (Å²) in [6.07, 6.45) is 3.14. The molecule has 3 N–H and O–H groups in total. The standard InChI is InChI=1S/C23H40BN3O5/c1-12(2)8-18(24-31-17-10-15-9-16(20(17)32-24)23(15,6)7)27-19(28)11-25-22(30)14(5)26-21(29)13(3)4/h12-18,20H,8-11H2,1-7H3,(H,25,30)(H,26,29)(H,27,28). The molecule has 1 saturated heterocycles. The van der Waals surface area contributed by atoms with Crippen molar-refractivity contribution >= 4 is 24.8 Å². The summed E-state index contributed by atoms with van der Waals surface area (Å²) in [4.78, 5) is 36.6. The van der Waals surface area contributed by atoms with Crippen LogP contribution in [0.5, 0.6) is 0 Å². The second-order valence-corrected chi connectivity index (χ2v) is 11.1. The Morgan fingerprint density at radius 3 is 2.28 bits per heavy atom. The zero-order valence-corrected chi connectivity index (χ0v) is 20.6. The lowest BCUT2D eigenvalue weighted by Gasteiger charge is -2.60. The lowest BCUT2D eigenvalue weighted by atomic mass is 9.47. The van der Waals surface area contributed by atoms with E-state index in [1.807, 2.05) is 0 Å². The van der Waals surface area contributed by atoms with E-state index in [2.05, 4.69) is 43.6 Å². The molecule has 4 rings (SSSR count). The number of carbonyl (C=O) groups is 3. The minimum atomic E-state index is -0.705. The molecule has 8 nitrogen and oxygen atoms in total. The van der Waals surface area contributed by atoms with Gasteiger partial charge in [0.2, 0.25) is 17.7 Å². The zero-order chi connectivity index (χ0) is 23.8. The largest absolute Gasteiger partial charge is 0.481 e. The first-order valence-electron chi connectivity index (χ1n) is 12.1. The first-order chi connectivity index (χ1) is 14.9. The van der Waals surface area contributed by atoms with Crippen LogP contribution in [0.15, 0.2) is 0 Å². The third-order valence-corrected chi connectivity index (χ3v) is 7.53. The van der Waals surface area contributed by atoms with Gasteiger partial charge in [-0.05, 0) is 49.4 Å². The van der Waals surface area contributed by atoms with Crippen molar-refractivity contribution < 1.29 is 23.7 Å². The second kappa shape index (κ2) is 9.71. The van der Waals surface area contributed by atoms with Gasteiger partial charge in [0.1, 0.15) is 6.04 Å². The van der Waals surface area contributed by atoms with Crippen LogP contribution in [-0.2, 0) is 23.7 Å². The van der Waals surface area contributed by atoms with Crippen LogP contribution >= 0.6 is 0 Å². The Labute approximate surface area is 192 Å². The first-order valence-corrected chi connectivity index (χ1v) is 12.1. The fraction of sp³-hybridized carbons (Fsp3) is 0.870. The lowest BCUT2D eigenvalue weighted by molar-refractivity contribution is -0.150. The maximum atomic E-state index is 12.6. The van der Waals surface area contributed by atoms with Gasteiger partial charge in [-0.3, -0.25) is 14.4 Å². The number of amides is 3. The molecule has 32 heavy (non-hydrogen) atoms. The van der Waals surface area contributed by atoms with Crippen molar-refractivity contribution in [2.75, 3.05) is 6.54 Å². The van der Waals surface area contributed by atoms with Crippen LogP contribution in [0.4, 0.5) is 0 Å². The van der Waals surface area contributed by atoms with Crippen molar-refractivity contribution in [3.8, 4) is 0 Å². The van der Waals surface area contributed by atoms with Gasteiger partial charge in [-0.15, -0.1) is 0 Å². The van der Waals surface area contributed by atoms with Gasteiger partial charge < -0.3 is 25.3 Å². The Balaban J connectivity index is 1.52. The third-order valence-electron chi connectivity index (χ3n) is 7.53. The molecular formula is C23H40BN3O5. The topological polar surface area (TPSA) is 106 Å². The quantitative estimate of drug-likeness (QED) is 0.465. The molecule has 2 bridgehead atoms. The number of hydrogen-bond acceptors (Lipinski definition) is 5. The van der Waals surface area contributed by atoms with Crippen molar-refractivity contribution in [1.82, 2.24) is 16.0 Å². The Morgan fingerprint density at radius 1 is 1.00 bits per heavy atom. The maximum absolute atomic E-state index is 12.6. The van der Waals surface area contributed by atoms with Crippen LogP contribution in [0.3, 0.4) is 0 Å². The molecule has 0 spiro atoms. The van der Waals surface area contributed by atoms with Crippen LogP contribution in [0.25, 0.3) is 0 Å². The van der Waals surface area contributed by atoms with Crippen LogP contribution in [0.1, 0.15) is 67.7 Å². The van der Waals surface area contributed by atoms with E-state index in [-0.39, 0.29) is 42.4 Å². The fourth-order valence-electron chi connectivity index (χ4n) is 5.32. The zero-order valence-electron chi connectivity index (χ0n) is 20.6. The monoisotopic (exact) mass is 449 g/mol. The SMILES string of the molecule is CC(C)CC(NC(=O)CNC(=O)C(C)NC(=O)C(C)C)B1OC2CC3CC(C2O1)C3(C)C. The summed E-state index contributed by atoms with van der Waals surface area (Å²) in [7, 11) is -0.466. The average molecular weight is 449 g/mol. The van der Waals surface area contributed by atoms with Gasteiger partial charge in [0.25, 0.3) is 0 Å². The Kier molecular flexibility index (Phi) is 7.60. The molecule has 0 aromatic rings. The normalized spacial score (nSPS) is 29.7. The van der Waals surface area contributed by atoms with Crippen LogP contribution in [0, 0.1) is 29.1 Å². The van der Waals surface area contributed by atoms with E-state index in [4.69, 9.17) is 9.31 Å². The predicted octanol–water partition coefficient (Wildman–Crippen LogP) is 1.67. The molecule has 180 valence electrons. The smallest absolute Gasteiger partial charge is 0.404 e. The number of carbonyl (C=O) groups excluding carboxylic acids is 3. The van der Waals surface area contributed by atoms with E-state index in [1.165, 1.54) is 6.42 Å². The molecule has 1 heterocycles. The lowest BCUT2D eigenvalue weighted by Crippen LogP contribution is -2.59. The van der Waals surface area contributed by atoms with E-state index < -0.39 is 19.1 Å². The molecule has 0 radical (unpaired) electrons. The number of rotatable bonds is 9. The van der Waals surface area contributed by atoms with E-state index >= 15 is 0 Å². The van der Waals surface area contributed by atoms with E-state index in [9.17, 15) is 14.4 Å². The molecular weight excluding hydrogens is 409 g/mol. The van der Waals surface area contributed by atoms with Gasteiger partial charge in [0.05, 0.1) is 24.7 Å². The Morgan fingerprint density at radius 2 is 1.69 bits per heavy atom. The summed E-state index contributed by atoms with van der Waals surface area (Å²) < 4.78 is 12.7. The molecule has 6 unspecified atom stereocenters. The fourth-order valence-corrected chi connectivity index (χ4v) is 5.32. The molecule has 9 heteroatoms. The van der Waals surface area contributed by atoms with E-state index in [0.717, 1.165) is 12.8 Å². The average Bonchev–Trinajstić information content (AvgIpc) is 3.15. The molecule has 3 amide bonds. The van der Waals surface area contributed by atoms with Crippen molar-refractivity contribution in [3.05, 3.63) is 0 Å². The number of hydrogen-bond donors (Lipinski definition) is 3. The molecule has 0 aromatic heterocycles. The van der Waals surface area contributed by atoms with Crippen molar-refractivity contribution in [2.45, 2.75) is 91.9 Å². The van der Waals surface area contributed by atoms with Crippen molar-refractivity contribution in [1.29, 1.82) is 0 Å². The van der Waals surface area contributed by atoms with Gasteiger partial charge in [-0.2, -0.15) is 0 Å². The Hall–Kier alpha value is -1.61. The third kappa shape index (κ3) is 5.30. The highest BCUT2D eigenvalue weighted by Crippen LogP contribution is 2.61. The van der Waals surface area contributed by atoms with Crippen LogP contribution < -0.4 is 16.0 Å². The molecule has 4 fully saturated rings. The molecule has 0 aromatic carbocycles. The van der Waals surface area contributed by atoms with E-state index in [0.29, 0.717) is 23.2 Å². The van der Waals surface area contributed by atoms with Gasteiger partial charge in [-0.25, -0.2) is 0 Å². The predicted molar refractivity (Wildman–Crippen MR) is 122 cm³/mol. The molecule has 3 saturated carbocycles. The summed E-state index contributed by atoms with van der Waals surface area (Å²) in [5.41, 5.74) is 0.294. The van der Waals surface area contributed by atoms with Crippen molar-refractivity contribution in [2.24, 2.45) is 29.1 Å². The van der Waals surface area contributed by atoms with Gasteiger partial charge in [-0.1, -0.05) is 41.5 Å². The van der Waals surface area contributed by atoms with Gasteiger partial charge in [0.15, 0.2) is 0 Å². The highest BCUT2D eigenvalue weighted by atomic mass is 16.7. The van der Waals surface area contributed by atoms with E-state index in [1.54, 1.807) is 20.8 Å². The summed E-state index contributed by atoms with van der Waals surface area (Å²) in [5.74, 6) is 0.166. The summed E-state index contributed by atoms with van der Waals surface area (Å²) in [5, 5.41) is 8.25. The summed E-state index contributed by atoms with van der Waals surface area (Å²) >= 11 is 0. The summed E-state index contributed by atoms with van der Waals surface area (Å²) in [6, 6.07) is -0.705. The second-order valence-electron chi connectivity index (χ2n) is 11.1. The summed E-state index contributed by atoms with van der Waals surface area (Å²) in [6.45, 7) is 13.8. The van der Waals surface area contributed by atoms with Crippen LogP contribution in [-0.4, -0.2) is 55.6 Å². The highest BCUT2D eigenvalue weighted by molar-refractivity contribution is 6.47. The minimum Gasteiger partial charge on any atom is -0.404 e. The minimum absolute atomic E-state index is 0.0942. The van der Waals surface area contributed by atoms with Crippen LogP contribution in [0.2, 0.25) is 0 Å². The van der Waals surface area contributed by atoms with Gasteiger partial charge in [0, 0.05) is 5.92 Å². The van der Waals surface area contributed by atoms with Gasteiger partial charge >= 0.3 is 7.12 Å². The Bertz CT molecular complexity index is 728.